The Morgan fingerprint density at radius 3 is 2.51 bits per heavy atom. The van der Waals surface area contributed by atoms with Gasteiger partial charge in [0.05, 0.1) is 12.0 Å². The minimum Gasteiger partial charge on any atom is -0.454 e. The van der Waals surface area contributed by atoms with Crippen molar-refractivity contribution in [3.05, 3.63) is 123 Å². The summed E-state index contributed by atoms with van der Waals surface area (Å²) in [6, 6.07) is 23.3. The molecular formula is C34H22BrClN2O5. The van der Waals surface area contributed by atoms with Crippen LogP contribution in [0.5, 0.6) is 11.5 Å². The van der Waals surface area contributed by atoms with Gasteiger partial charge in [-0.2, -0.15) is 0 Å². The van der Waals surface area contributed by atoms with Crippen molar-refractivity contribution in [3.8, 4) is 11.5 Å². The Bertz CT molecular complexity index is 1910. The fourth-order valence-corrected chi connectivity index (χ4v) is 7.61. The number of hydrogen-bond acceptors (Lipinski definition) is 6. The first-order valence-electron chi connectivity index (χ1n) is 13.8. The minimum atomic E-state index is -1.41. The molecule has 0 unspecified atom stereocenters. The first-order chi connectivity index (χ1) is 20.9. The standard InChI is InChI=1S/C34H22BrClN2O5/c35-21-9-5-18(6-10-21)32(40)30-29(31(39)20-7-13-26-27(16-20)43-17-42-26)34(23-3-1-2-4-24(23)37-33(34)41)28-14-8-19-15-22(36)11-12-25(19)38(28)30/h1-16,28-30H,17H2,(H,37,41)/t28-,29-,30+,34-/m1/s1. The zero-order chi connectivity index (χ0) is 29.5. The van der Waals surface area contributed by atoms with E-state index >= 15 is 0 Å². The molecule has 0 saturated carbocycles. The number of carbonyl (C=O) groups excluding carboxylic acids is 3. The van der Waals surface area contributed by atoms with Gasteiger partial charge in [-0.25, -0.2) is 0 Å². The molecule has 4 aliphatic rings. The van der Waals surface area contributed by atoms with Crippen molar-refractivity contribution in [1.82, 2.24) is 0 Å². The highest BCUT2D eigenvalue weighted by Gasteiger charge is 2.70. The number of anilines is 2. The van der Waals surface area contributed by atoms with Gasteiger partial charge in [0, 0.05) is 32.0 Å². The van der Waals surface area contributed by atoms with Gasteiger partial charge in [-0.15, -0.1) is 0 Å². The second-order valence-electron chi connectivity index (χ2n) is 11.0. The lowest BCUT2D eigenvalue weighted by molar-refractivity contribution is -0.121. The number of halogens is 2. The second kappa shape index (κ2) is 9.56. The van der Waals surface area contributed by atoms with Crippen LogP contribution in [0.4, 0.5) is 11.4 Å². The molecule has 43 heavy (non-hydrogen) atoms. The molecule has 0 radical (unpaired) electrons. The maximum absolute atomic E-state index is 15.0. The van der Waals surface area contributed by atoms with Crippen LogP contribution in [-0.2, 0) is 10.2 Å². The number of benzene rings is 4. The molecule has 1 N–H and O–H groups in total. The average molecular weight is 654 g/mol. The van der Waals surface area contributed by atoms with Gasteiger partial charge in [-0.1, -0.05) is 70.0 Å². The summed E-state index contributed by atoms with van der Waals surface area (Å²) in [5.74, 6) is -1.03. The molecule has 9 heteroatoms. The molecule has 4 aromatic carbocycles. The van der Waals surface area contributed by atoms with Crippen molar-refractivity contribution >= 4 is 62.5 Å². The summed E-state index contributed by atoms with van der Waals surface area (Å²) in [4.78, 5) is 46.1. The third-order valence-corrected chi connectivity index (χ3v) is 9.70. The van der Waals surface area contributed by atoms with Crippen LogP contribution in [0, 0.1) is 5.92 Å². The van der Waals surface area contributed by atoms with Crippen molar-refractivity contribution in [1.29, 1.82) is 0 Å². The molecule has 8 rings (SSSR count). The minimum absolute atomic E-state index is 0.0563. The number of ether oxygens (including phenoxy) is 2. The first-order valence-corrected chi connectivity index (χ1v) is 15.0. The zero-order valence-electron chi connectivity index (χ0n) is 22.4. The summed E-state index contributed by atoms with van der Waals surface area (Å²) >= 11 is 9.84. The van der Waals surface area contributed by atoms with Crippen LogP contribution in [0.1, 0.15) is 31.8 Å². The van der Waals surface area contributed by atoms with Crippen molar-refractivity contribution in [2.45, 2.75) is 17.5 Å². The van der Waals surface area contributed by atoms with Gasteiger partial charge in [0.1, 0.15) is 11.5 Å². The van der Waals surface area contributed by atoms with Crippen LogP contribution in [0.2, 0.25) is 5.02 Å². The van der Waals surface area contributed by atoms with E-state index in [1.54, 1.807) is 48.5 Å². The van der Waals surface area contributed by atoms with Gasteiger partial charge in [0.25, 0.3) is 0 Å². The molecule has 4 aliphatic heterocycles. The molecule has 4 atom stereocenters. The quantitative estimate of drug-likeness (QED) is 0.247. The summed E-state index contributed by atoms with van der Waals surface area (Å²) in [5.41, 5.74) is 2.20. The van der Waals surface area contributed by atoms with E-state index in [0.717, 1.165) is 15.7 Å². The lowest BCUT2D eigenvalue weighted by Crippen LogP contribution is -2.51. The summed E-state index contributed by atoms with van der Waals surface area (Å²) in [5, 5.41) is 3.59. The number of para-hydroxylation sites is 1. The highest BCUT2D eigenvalue weighted by Crippen LogP contribution is 2.58. The Morgan fingerprint density at radius 2 is 1.67 bits per heavy atom. The van der Waals surface area contributed by atoms with Gasteiger partial charge in [-0.05, 0) is 65.7 Å². The van der Waals surface area contributed by atoms with Gasteiger partial charge >= 0.3 is 0 Å². The topological polar surface area (TPSA) is 84.9 Å². The van der Waals surface area contributed by atoms with Crippen LogP contribution >= 0.6 is 27.5 Å². The molecule has 1 amide bonds. The Balaban J connectivity index is 1.41. The van der Waals surface area contributed by atoms with Crippen LogP contribution in [0.15, 0.2) is 95.5 Å². The number of nitrogens with one attached hydrogen (secondary N) is 1. The Kier molecular flexibility index (Phi) is 5.83. The number of nitrogens with zero attached hydrogens (tertiary/aromatic N) is 1. The van der Waals surface area contributed by atoms with Crippen molar-refractivity contribution in [3.63, 3.8) is 0 Å². The number of Topliss-reactive ketones (excluding diaryl/α,β-unsaturated/α-hetero) is 2. The van der Waals surface area contributed by atoms with Gasteiger partial charge in [0.2, 0.25) is 12.7 Å². The van der Waals surface area contributed by atoms with Crippen LogP contribution < -0.4 is 19.7 Å². The molecule has 0 aromatic heterocycles. The largest absolute Gasteiger partial charge is 0.454 e. The maximum Gasteiger partial charge on any atom is 0.238 e. The molecule has 1 fully saturated rings. The van der Waals surface area contributed by atoms with E-state index < -0.39 is 23.4 Å². The van der Waals surface area contributed by atoms with E-state index in [0.29, 0.717) is 38.9 Å². The molecule has 1 spiro atoms. The third kappa shape index (κ3) is 3.69. The molecule has 7 nitrogen and oxygen atoms in total. The highest BCUT2D eigenvalue weighted by molar-refractivity contribution is 9.10. The normalized spacial score (nSPS) is 24.0. The van der Waals surface area contributed by atoms with E-state index in [-0.39, 0.29) is 24.3 Å². The van der Waals surface area contributed by atoms with Gasteiger partial charge < -0.3 is 19.7 Å². The predicted molar refractivity (Wildman–Crippen MR) is 166 cm³/mol. The van der Waals surface area contributed by atoms with E-state index in [9.17, 15) is 14.4 Å². The predicted octanol–water partition coefficient (Wildman–Crippen LogP) is 6.69. The van der Waals surface area contributed by atoms with E-state index in [1.165, 1.54) is 0 Å². The summed E-state index contributed by atoms with van der Waals surface area (Å²) in [6.07, 6.45) is 3.85. The van der Waals surface area contributed by atoms with Crippen molar-refractivity contribution in [2.75, 3.05) is 17.0 Å². The molecule has 4 heterocycles. The molecule has 212 valence electrons. The molecule has 4 aromatic rings. The molecular weight excluding hydrogens is 632 g/mol. The summed E-state index contributed by atoms with van der Waals surface area (Å²) < 4.78 is 11.9. The Hall–Kier alpha value is -4.40. The Morgan fingerprint density at radius 1 is 0.907 bits per heavy atom. The van der Waals surface area contributed by atoms with E-state index in [1.807, 2.05) is 53.5 Å². The highest BCUT2D eigenvalue weighted by atomic mass is 79.9. The number of ketones is 2. The average Bonchev–Trinajstić information content (AvgIpc) is 3.69. The number of fused-ring (bicyclic) bond motifs is 7. The SMILES string of the molecule is O=C(c1ccc(Br)cc1)[C@@H]1[C@H](C(=O)c2ccc3c(c2)OCO3)[C@]2(C(=O)Nc3ccccc32)[C@H]2C=Cc3cc(Cl)ccc3N12. The Labute approximate surface area is 260 Å². The summed E-state index contributed by atoms with van der Waals surface area (Å²) in [7, 11) is 0. The molecule has 1 saturated heterocycles. The van der Waals surface area contributed by atoms with Crippen molar-refractivity contribution < 1.29 is 23.9 Å². The number of carbonyl (C=O) groups is 3. The lowest BCUT2D eigenvalue weighted by Gasteiger charge is -2.37. The van der Waals surface area contributed by atoms with E-state index in [2.05, 4.69) is 21.2 Å². The van der Waals surface area contributed by atoms with Crippen LogP contribution in [-0.4, -0.2) is 36.4 Å². The smallest absolute Gasteiger partial charge is 0.238 e. The van der Waals surface area contributed by atoms with Crippen LogP contribution in [0.25, 0.3) is 6.08 Å². The number of rotatable bonds is 4. The second-order valence-corrected chi connectivity index (χ2v) is 12.4. The van der Waals surface area contributed by atoms with E-state index in [4.69, 9.17) is 21.1 Å². The van der Waals surface area contributed by atoms with Crippen LogP contribution in [0.3, 0.4) is 0 Å². The number of hydrogen-bond donors (Lipinski definition) is 1. The zero-order valence-corrected chi connectivity index (χ0v) is 24.8. The number of amides is 1. The lowest BCUT2D eigenvalue weighted by atomic mass is 9.64. The van der Waals surface area contributed by atoms with Gasteiger partial charge in [0.15, 0.2) is 23.1 Å². The fourth-order valence-electron chi connectivity index (χ4n) is 7.16. The third-order valence-electron chi connectivity index (χ3n) is 8.93. The molecule has 0 aliphatic carbocycles. The monoisotopic (exact) mass is 652 g/mol. The van der Waals surface area contributed by atoms with Crippen molar-refractivity contribution in [2.24, 2.45) is 5.92 Å². The maximum atomic E-state index is 15.0. The molecule has 0 bridgehead atoms. The fraction of sp³-hybridized carbons (Fsp3) is 0.147. The summed E-state index contributed by atoms with van der Waals surface area (Å²) in [6.45, 7) is 0.0563. The first kappa shape index (κ1) is 26.2. The van der Waals surface area contributed by atoms with Gasteiger partial charge in [-0.3, -0.25) is 14.4 Å².